The van der Waals surface area contributed by atoms with E-state index in [2.05, 4.69) is 5.32 Å². The molecular weight excluding hydrogens is 290 g/mol. The zero-order valence-corrected chi connectivity index (χ0v) is 13.0. The second-order valence-corrected chi connectivity index (χ2v) is 6.93. The average Bonchev–Trinajstić information content (AvgIpc) is 3.18. The third-order valence-electron chi connectivity index (χ3n) is 3.60. The number of carboxylic acids is 1. The van der Waals surface area contributed by atoms with E-state index >= 15 is 0 Å². The Labute approximate surface area is 127 Å². The summed E-state index contributed by atoms with van der Waals surface area (Å²) in [5.41, 5.74) is 0.669. The van der Waals surface area contributed by atoms with Gasteiger partial charge < -0.3 is 10.4 Å². The topological polar surface area (TPSA) is 83.5 Å². The molecule has 0 bridgehead atoms. The van der Waals surface area contributed by atoms with Gasteiger partial charge in [0.1, 0.15) is 6.04 Å². The van der Waals surface area contributed by atoms with E-state index in [1.807, 2.05) is 19.9 Å². The number of aryl methyl sites for hydroxylation is 2. The van der Waals surface area contributed by atoms with Gasteiger partial charge in [0.2, 0.25) is 5.91 Å². The fraction of sp³-hybridized carbons (Fsp3) is 0.533. The lowest BCUT2D eigenvalue weighted by Gasteiger charge is -2.13. The summed E-state index contributed by atoms with van der Waals surface area (Å²) in [6, 6.07) is 1.03. The van der Waals surface area contributed by atoms with Crippen molar-refractivity contribution in [3.05, 3.63) is 21.4 Å². The van der Waals surface area contributed by atoms with E-state index in [1.54, 1.807) is 11.3 Å². The number of Topliss-reactive ketones (excluding diaryl/α,β-unsaturated/α-hetero) is 1. The van der Waals surface area contributed by atoms with Gasteiger partial charge in [-0.1, -0.05) is 0 Å². The third-order valence-corrected chi connectivity index (χ3v) is 4.56. The second-order valence-electron chi connectivity index (χ2n) is 5.47. The van der Waals surface area contributed by atoms with Crippen LogP contribution in [0.5, 0.6) is 0 Å². The normalized spacial score (nSPS) is 15.5. The lowest BCUT2D eigenvalue weighted by molar-refractivity contribution is -0.142. The summed E-state index contributed by atoms with van der Waals surface area (Å²) in [6.45, 7) is 3.83. The predicted octanol–water partition coefficient (Wildman–Crippen LogP) is 2.31. The summed E-state index contributed by atoms with van der Waals surface area (Å²) >= 11 is 1.56. The molecule has 1 unspecified atom stereocenters. The van der Waals surface area contributed by atoms with Gasteiger partial charge >= 0.3 is 5.97 Å². The lowest BCUT2D eigenvalue weighted by Crippen LogP contribution is -2.42. The molecule has 1 aliphatic rings. The molecule has 0 saturated heterocycles. The molecule has 1 atom stereocenters. The Hall–Kier alpha value is -1.69. The summed E-state index contributed by atoms with van der Waals surface area (Å²) in [5, 5.41) is 11.6. The molecule has 1 saturated carbocycles. The molecule has 21 heavy (non-hydrogen) atoms. The van der Waals surface area contributed by atoms with Crippen molar-refractivity contribution >= 4 is 29.0 Å². The van der Waals surface area contributed by atoms with Crippen molar-refractivity contribution < 1.29 is 19.5 Å². The first-order chi connectivity index (χ1) is 9.88. The zero-order chi connectivity index (χ0) is 15.6. The molecule has 1 heterocycles. The van der Waals surface area contributed by atoms with Gasteiger partial charge in [0, 0.05) is 28.2 Å². The minimum atomic E-state index is -0.999. The molecule has 0 aromatic carbocycles. The maximum atomic E-state index is 12.1. The molecule has 0 aliphatic heterocycles. The molecule has 0 spiro atoms. The van der Waals surface area contributed by atoms with Gasteiger partial charge in [-0.25, -0.2) is 4.79 Å². The fourth-order valence-electron chi connectivity index (χ4n) is 2.33. The van der Waals surface area contributed by atoms with Crippen LogP contribution in [0.1, 0.15) is 45.8 Å². The van der Waals surface area contributed by atoms with Crippen LogP contribution in [0.3, 0.4) is 0 Å². The number of amides is 1. The fourth-order valence-corrected chi connectivity index (χ4v) is 3.27. The molecular formula is C15H19NO4S. The van der Waals surface area contributed by atoms with E-state index < -0.39 is 12.0 Å². The third kappa shape index (κ3) is 4.14. The summed E-state index contributed by atoms with van der Waals surface area (Å²) in [7, 11) is 0. The molecule has 5 nitrogen and oxygen atoms in total. The predicted molar refractivity (Wildman–Crippen MR) is 79.6 cm³/mol. The molecule has 114 valence electrons. The molecule has 2 rings (SSSR count). The van der Waals surface area contributed by atoms with Crippen molar-refractivity contribution in [2.24, 2.45) is 5.92 Å². The van der Waals surface area contributed by atoms with Crippen LogP contribution in [-0.2, 0) is 9.59 Å². The van der Waals surface area contributed by atoms with E-state index in [0.29, 0.717) is 5.56 Å². The van der Waals surface area contributed by atoms with Crippen LogP contribution in [-0.4, -0.2) is 28.8 Å². The highest BCUT2D eigenvalue weighted by Gasteiger charge is 2.37. The van der Waals surface area contributed by atoms with Crippen LogP contribution in [0, 0.1) is 19.8 Å². The van der Waals surface area contributed by atoms with Gasteiger partial charge in [-0.05, 0) is 38.7 Å². The van der Waals surface area contributed by atoms with E-state index in [9.17, 15) is 14.4 Å². The molecule has 1 fully saturated rings. The molecule has 1 amide bonds. The Morgan fingerprint density at radius 1 is 1.33 bits per heavy atom. The molecule has 1 aromatic rings. The minimum absolute atomic E-state index is 0.0314. The van der Waals surface area contributed by atoms with Gasteiger partial charge in [-0.15, -0.1) is 11.3 Å². The standard InChI is InChI=1S/C15H19NO4S/c1-8-7-11(9(2)21-8)12(17)5-6-13(18)16-14(15(19)20)10-3-4-10/h7,10,14H,3-6H2,1-2H3,(H,16,18)(H,19,20). The van der Waals surface area contributed by atoms with Crippen LogP contribution in [0.25, 0.3) is 0 Å². The minimum Gasteiger partial charge on any atom is -0.480 e. The zero-order valence-electron chi connectivity index (χ0n) is 12.1. The van der Waals surface area contributed by atoms with Gasteiger partial charge in [0.25, 0.3) is 0 Å². The van der Waals surface area contributed by atoms with Crippen molar-refractivity contribution in [1.82, 2.24) is 5.32 Å². The van der Waals surface area contributed by atoms with Crippen molar-refractivity contribution in [2.75, 3.05) is 0 Å². The van der Waals surface area contributed by atoms with Crippen molar-refractivity contribution in [1.29, 1.82) is 0 Å². The average molecular weight is 309 g/mol. The quantitative estimate of drug-likeness (QED) is 0.757. The van der Waals surface area contributed by atoms with E-state index in [4.69, 9.17) is 5.11 Å². The molecule has 6 heteroatoms. The van der Waals surface area contributed by atoms with Crippen LogP contribution in [0.4, 0.5) is 0 Å². The number of hydrogen-bond acceptors (Lipinski definition) is 4. The smallest absolute Gasteiger partial charge is 0.326 e. The van der Waals surface area contributed by atoms with Crippen LogP contribution >= 0.6 is 11.3 Å². The molecule has 2 N–H and O–H groups in total. The van der Waals surface area contributed by atoms with Gasteiger partial charge in [-0.2, -0.15) is 0 Å². The SMILES string of the molecule is Cc1cc(C(=O)CCC(=O)NC(C(=O)O)C2CC2)c(C)s1. The number of rotatable bonds is 7. The molecule has 1 aliphatic carbocycles. The van der Waals surface area contributed by atoms with Crippen molar-refractivity contribution in [3.8, 4) is 0 Å². The largest absolute Gasteiger partial charge is 0.480 e. The number of carboxylic acid groups (broad SMARTS) is 1. The Balaban J connectivity index is 1.84. The van der Waals surface area contributed by atoms with Crippen LogP contribution in [0.2, 0.25) is 0 Å². The first-order valence-corrected chi connectivity index (χ1v) is 7.82. The van der Waals surface area contributed by atoms with Gasteiger partial charge in [0.05, 0.1) is 0 Å². The van der Waals surface area contributed by atoms with E-state index in [-0.39, 0.29) is 30.4 Å². The highest BCUT2D eigenvalue weighted by atomic mass is 32.1. The van der Waals surface area contributed by atoms with Crippen molar-refractivity contribution in [2.45, 2.75) is 45.6 Å². The number of nitrogens with one attached hydrogen (secondary N) is 1. The molecule has 1 aromatic heterocycles. The second kappa shape index (κ2) is 6.39. The first-order valence-electron chi connectivity index (χ1n) is 7.01. The van der Waals surface area contributed by atoms with Crippen LogP contribution in [0.15, 0.2) is 6.07 Å². The molecule has 0 radical (unpaired) electrons. The number of carbonyl (C=O) groups is 3. The summed E-state index contributed by atoms with van der Waals surface area (Å²) in [5.74, 6) is -1.39. The van der Waals surface area contributed by atoms with E-state index in [1.165, 1.54) is 0 Å². The van der Waals surface area contributed by atoms with Crippen molar-refractivity contribution in [3.63, 3.8) is 0 Å². The lowest BCUT2D eigenvalue weighted by atomic mass is 10.1. The van der Waals surface area contributed by atoms with Crippen LogP contribution < -0.4 is 5.32 Å². The number of carbonyl (C=O) groups excluding carboxylic acids is 2. The monoisotopic (exact) mass is 309 g/mol. The van der Waals surface area contributed by atoms with Gasteiger partial charge in [-0.3, -0.25) is 9.59 Å². The Morgan fingerprint density at radius 2 is 2.00 bits per heavy atom. The highest BCUT2D eigenvalue weighted by Crippen LogP contribution is 2.32. The van der Waals surface area contributed by atoms with Gasteiger partial charge in [0.15, 0.2) is 5.78 Å². The maximum absolute atomic E-state index is 12.1. The highest BCUT2D eigenvalue weighted by molar-refractivity contribution is 7.12. The maximum Gasteiger partial charge on any atom is 0.326 e. The summed E-state index contributed by atoms with van der Waals surface area (Å²) < 4.78 is 0. The number of ketones is 1. The number of thiophene rings is 1. The Kier molecular flexibility index (Phi) is 4.77. The Morgan fingerprint density at radius 3 is 2.48 bits per heavy atom. The summed E-state index contributed by atoms with van der Waals surface area (Å²) in [4.78, 5) is 36.9. The first kappa shape index (κ1) is 15.7. The Bertz CT molecular complexity index is 574. The number of hydrogen-bond donors (Lipinski definition) is 2. The number of aliphatic carboxylic acids is 1. The van der Waals surface area contributed by atoms with E-state index in [0.717, 1.165) is 22.6 Å². The summed E-state index contributed by atoms with van der Waals surface area (Å²) in [6.07, 6.45) is 1.82.